The van der Waals surface area contributed by atoms with Crippen LogP contribution in [0, 0.1) is 19.8 Å². The molecule has 0 aliphatic heterocycles. The van der Waals surface area contributed by atoms with Gasteiger partial charge in [-0.25, -0.2) is 9.50 Å². The molecule has 1 aliphatic rings. The summed E-state index contributed by atoms with van der Waals surface area (Å²) in [7, 11) is 0. The van der Waals surface area contributed by atoms with Crippen molar-refractivity contribution in [3.05, 3.63) is 63.0 Å². The highest BCUT2D eigenvalue weighted by molar-refractivity contribution is 9.10. The average Bonchev–Trinajstić information content (AvgIpc) is 3.25. The van der Waals surface area contributed by atoms with E-state index in [0.717, 1.165) is 43.5 Å². The van der Waals surface area contributed by atoms with E-state index in [2.05, 4.69) is 59.8 Å². The number of esters is 1. The minimum Gasteiger partial charge on any atom is -0.459 e. The number of pyridine rings is 1. The van der Waals surface area contributed by atoms with Gasteiger partial charge in [0.25, 0.3) is 0 Å². The summed E-state index contributed by atoms with van der Waals surface area (Å²) in [6.07, 6.45) is 3.57. The number of rotatable bonds is 3. The number of carbonyl (C=O) groups excluding carboxylic acids is 1. The van der Waals surface area contributed by atoms with E-state index in [4.69, 9.17) is 4.74 Å². The van der Waals surface area contributed by atoms with Crippen LogP contribution < -0.4 is 0 Å². The number of allylic oxidation sites excluding steroid dienone is 1. The Morgan fingerprint density at radius 1 is 1.16 bits per heavy atom. The van der Waals surface area contributed by atoms with Gasteiger partial charge in [-0.05, 0) is 86.1 Å². The molecular weight excluding hydrogens is 454 g/mol. The normalized spacial score (nSPS) is 16.4. The third kappa shape index (κ3) is 3.71. The first-order valence-corrected chi connectivity index (χ1v) is 11.4. The van der Waals surface area contributed by atoms with Crippen LogP contribution in [0.4, 0.5) is 0 Å². The van der Waals surface area contributed by atoms with Gasteiger partial charge in [0.15, 0.2) is 5.65 Å². The van der Waals surface area contributed by atoms with Gasteiger partial charge in [-0.15, -0.1) is 0 Å². The average molecular weight is 482 g/mol. The number of fused-ring (bicyclic) bond motifs is 2. The lowest BCUT2D eigenvalue weighted by Gasteiger charge is -2.25. The molecule has 0 N–H and O–H groups in total. The summed E-state index contributed by atoms with van der Waals surface area (Å²) in [5, 5.41) is 4.37. The molecule has 1 unspecified atom stereocenters. The molecule has 162 valence electrons. The van der Waals surface area contributed by atoms with Crippen LogP contribution in [-0.2, 0) is 9.53 Å². The van der Waals surface area contributed by atoms with Gasteiger partial charge in [0.05, 0.1) is 0 Å². The molecule has 1 aromatic carbocycles. The fourth-order valence-corrected chi connectivity index (χ4v) is 4.83. The van der Waals surface area contributed by atoms with Crippen LogP contribution in [0.1, 0.15) is 68.4 Å². The second-order valence-corrected chi connectivity index (χ2v) is 10.4. The van der Waals surface area contributed by atoms with Crippen molar-refractivity contribution < 1.29 is 9.53 Å². The topological polar surface area (TPSA) is 56.5 Å². The molecular formula is C25H28BrN3O2. The molecule has 0 amide bonds. The molecule has 0 saturated heterocycles. The summed E-state index contributed by atoms with van der Waals surface area (Å²) in [5.41, 5.74) is 7.73. The highest BCUT2D eigenvalue weighted by Gasteiger charge is 2.41. The van der Waals surface area contributed by atoms with Crippen LogP contribution in [-0.4, -0.2) is 26.2 Å². The van der Waals surface area contributed by atoms with E-state index >= 15 is 0 Å². The van der Waals surface area contributed by atoms with Gasteiger partial charge >= 0.3 is 5.97 Å². The molecule has 0 spiro atoms. The SMILES string of the molecule is Cc1c(C2=C(C(C)C)c3cc(Br)ccc3C2C(=O)OC(C)(C)C)cn2ncnc2c1C. The molecule has 31 heavy (non-hydrogen) atoms. The molecule has 1 aliphatic carbocycles. The molecule has 0 saturated carbocycles. The maximum atomic E-state index is 13.6. The predicted octanol–water partition coefficient (Wildman–Crippen LogP) is 6.11. The van der Waals surface area contributed by atoms with Gasteiger partial charge in [-0.2, -0.15) is 5.10 Å². The second kappa shape index (κ2) is 7.59. The fraction of sp³-hybridized carbons (Fsp3) is 0.400. The number of benzene rings is 1. The Labute approximate surface area is 191 Å². The van der Waals surface area contributed by atoms with Crippen molar-refractivity contribution >= 4 is 38.7 Å². The molecule has 1 atom stereocenters. The van der Waals surface area contributed by atoms with Crippen molar-refractivity contribution in [2.45, 2.75) is 60.0 Å². The number of carbonyl (C=O) groups is 1. The van der Waals surface area contributed by atoms with Crippen molar-refractivity contribution in [3.63, 3.8) is 0 Å². The fourth-order valence-electron chi connectivity index (χ4n) is 4.47. The molecule has 2 aromatic heterocycles. The number of hydrogen-bond donors (Lipinski definition) is 0. The Hall–Kier alpha value is -2.47. The Balaban J connectivity index is 2.04. The third-order valence-corrected chi connectivity index (χ3v) is 6.32. The van der Waals surface area contributed by atoms with Gasteiger partial charge < -0.3 is 4.74 Å². The van der Waals surface area contributed by atoms with Crippen LogP contribution in [0.25, 0.3) is 16.8 Å². The Morgan fingerprint density at radius 3 is 2.52 bits per heavy atom. The summed E-state index contributed by atoms with van der Waals surface area (Å²) in [6, 6.07) is 6.15. The highest BCUT2D eigenvalue weighted by Crippen LogP contribution is 2.52. The van der Waals surface area contributed by atoms with Gasteiger partial charge in [-0.3, -0.25) is 4.79 Å². The maximum absolute atomic E-state index is 13.6. The lowest BCUT2D eigenvalue weighted by Crippen LogP contribution is -2.28. The Kier molecular flexibility index (Phi) is 5.32. The zero-order chi connectivity index (χ0) is 22.7. The number of nitrogens with zero attached hydrogens (tertiary/aromatic N) is 3. The highest BCUT2D eigenvalue weighted by atomic mass is 79.9. The van der Waals surface area contributed by atoms with Gasteiger partial charge in [0.1, 0.15) is 17.8 Å². The minimum absolute atomic E-state index is 0.224. The first kappa shape index (κ1) is 21.8. The summed E-state index contributed by atoms with van der Waals surface area (Å²) in [5.74, 6) is -0.488. The predicted molar refractivity (Wildman–Crippen MR) is 127 cm³/mol. The van der Waals surface area contributed by atoms with Gasteiger partial charge in [0, 0.05) is 16.2 Å². The monoisotopic (exact) mass is 481 g/mol. The van der Waals surface area contributed by atoms with Gasteiger partial charge in [0.2, 0.25) is 0 Å². The van der Waals surface area contributed by atoms with E-state index in [1.165, 1.54) is 5.57 Å². The molecule has 0 radical (unpaired) electrons. The number of halogens is 1. The quantitative estimate of drug-likeness (QED) is 0.423. The first-order chi connectivity index (χ1) is 14.5. The van der Waals surface area contributed by atoms with Crippen molar-refractivity contribution in [1.29, 1.82) is 0 Å². The molecule has 4 rings (SSSR count). The first-order valence-electron chi connectivity index (χ1n) is 10.6. The summed E-state index contributed by atoms with van der Waals surface area (Å²) < 4.78 is 8.70. The smallest absolute Gasteiger partial charge is 0.318 e. The summed E-state index contributed by atoms with van der Waals surface area (Å²) in [4.78, 5) is 18.0. The van der Waals surface area contributed by atoms with E-state index in [-0.39, 0.29) is 11.9 Å². The standard InChI is InChI=1S/C25H28BrN3O2/c1-13(2)20-18-10-16(26)8-9-17(18)22(24(30)31-25(5,6)7)21(20)19-11-29-23(27-12-28-29)15(4)14(19)3/h8-13,22H,1-7H3. The largest absolute Gasteiger partial charge is 0.459 e. The zero-order valence-electron chi connectivity index (χ0n) is 19.1. The van der Waals surface area contributed by atoms with E-state index in [1.54, 1.807) is 10.8 Å². The summed E-state index contributed by atoms with van der Waals surface area (Å²) >= 11 is 3.62. The molecule has 2 heterocycles. The van der Waals surface area contributed by atoms with E-state index in [0.29, 0.717) is 0 Å². The van der Waals surface area contributed by atoms with Crippen molar-refractivity contribution in [2.75, 3.05) is 0 Å². The second-order valence-electron chi connectivity index (χ2n) is 9.50. The number of hydrogen-bond acceptors (Lipinski definition) is 4. The van der Waals surface area contributed by atoms with Crippen LogP contribution >= 0.6 is 15.9 Å². The van der Waals surface area contributed by atoms with E-state index < -0.39 is 11.5 Å². The van der Waals surface area contributed by atoms with E-state index in [1.807, 2.05) is 39.1 Å². The molecule has 5 nitrogen and oxygen atoms in total. The molecule has 0 fully saturated rings. The van der Waals surface area contributed by atoms with Crippen molar-refractivity contribution in [3.8, 4) is 0 Å². The lowest BCUT2D eigenvalue weighted by molar-refractivity contribution is -0.155. The van der Waals surface area contributed by atoms with Crippen LogP contribution in [0.3, 0.4) is 0 Å². The van der Waals surface area contributed by atoms with Crippen LogP contribution in [0.2, 0.25) is 0 Å². The molecule has 6 heteroatoms. The Morgan fingerprint density at radius 2 is 1.87 bits per heavy atom. The lowest BCUT2D eigenvalue weighted by atomic mass is 9.86. The molecule has 3 aromatic rings. The third-order valence-electron chi connectivity index (χ3n) is 5.83. The van der Waals surface area contributed by atoms with Gasteiger partial charge in [-0.1, -0.05) is 35.8 Å². The van der Waals surface area contributed by atoms with Crippen molar-refractivity contribution in [1.82, 2.24) is 14.6 Å². The van der Waals surface area contributed by atoms with Crippen LogP contribution in [0.5, 0.6) is 0 Å². The zero-order valence-corrected chi connectivity index (χ0v) is 20.7. The number of aryl methyl sites for hydroxylation is 1. The summed E-state index contributed by atoms with van der Waals surface area (Å²) in [6.45, 7) is 14.2. The minimum atomic E-state index is -0.570. The van der Waals surface area contributed by atoms with Crippen molar-refractivity contribution in [2.24, 2.45) is 5.92 Å². The molecule has 0 bridgehead atoms. The van der Waals surface area contributed by atoms with Crippen LogP contribution in [0.15, 0.2) is 35.2 Å². The maximum Gasteiger partial charge on any atom is 0.318 e. The Bertz CT molecular complexity index is 1230. The number of ether oxygens (including phenoxy) is 1. The van der Waals surface area contributed by atoms with E-state index in [9.17, 15) is 4.79 Å². The number of aromatic nitrogens is 3.